The third-order valence-electron chi connectivity index (χ3n) is 6.90. The summed E-state index contributed by atoms with van der Waals surface area (Å²) in [6, 6.07) is 0. The molecule has 4 atom stereocenters. The lowest BCUT2D eigenvalue weighted by molar-refractivity contribution is -0.137. The number of ketones is 1. The van der Waals surface area contributed by atoms with Gasteiger partial charge in [0.15, 0.2) is 0 Å². The molecule has 0 aromatic carbocycles. The third kappa shape index (κ3) is 6.04. The standard InChI is InChI=1S/C24H38O4/c1-3-14-24(15-9-16-24)22(26)12-8-11-19-18(2)17-21(25)20(19)10-6-4-5-7-13-23(27)28/h4,6,8,11,18-20,22,26H,3,5,7,9-10,12-17H2,1-2H3,(H,27,28)/b6-4-,11-8+/t18-,19+,20-,22?/m1/s1. The van der Waals surface area contributed by atoms with E-state index in [0.29, 0.717) is 31.0 Å². The van der Waals surface area contributed by atoms with Crippen molar-refractivity contribution < 1.29 is 19.8 Å². The van der Waals surface area contributed by atoms with E-state index < -0.39 is 5.97 Å². The Morgan fingerprint density at radius 3 is 2.64 bits per heavy atom. The lowest BCUT2D eigenvalue weighted by atomic mass is 9.62. The second-order valence-electron chi connectivity index (χ2n) is 8.97. The summed E-state index contributed by atoms with van der Waals surface area (Å²) in [5.74, 6) is 0.182. The summed E-state index contributed by atoms with van der Waals surface area (Å²) < 4.78 is 0. The minimum absolute atomic E-state index is 0.0208. The maximum absolute atomic E-state index is 12.4. The Balaban J connectivity index is 1.85. The number of carboxylic acids is 1. The number of hydrogen-bond acceptors (Lipinski definition) is 3. The van der Waals surface area contributed by atoms with E-state index in [9.17, 15) is 14.7 Å². The van der Waals surface area contributed by atoms with Gasteiger partial charge in [-0.25, -0.2) is 0 Å². The van der Waals surface area contributed by atoms with E-state index in [1.807, 2.05) is 12.2 Å². The van der Waals surface area contributed by atoms with Gasteiger partial charge in [-0.2, -0.15) is 0 Å². The van der Waals surface area contributed by atoms with Gasteiger partial charge in [0.1, 0.15) is 5.78 Å². The average molecular weight is 391 g/mol. The van der Waals surface area contributed by atoms with Gasteiger partial charge in [0.25, 0.3) is 0 Å². The number of aliphatic hydroxyl groups is 1. The molecule has 2 saturated carbocycles. The molecule has 0 aliphatic heterocycles. The Bertz CT molecular complexity index is 573. The van der Waals surface area contributed by atoms with E-state index >= 15 is 0 Å². The van der Waals surface area contributed by atoms with E-state index in [2.05, 4.69) is 26.0 Å². The molecule has 1 unspecified atom stereocenters. The zero-order valence-electron chi connectivity index (χ0n) is 17.6. The summed E-state index contributed by atoms with van der Waals surface area (Å²) in [6.07, 6.45) is 17.5. The molecule has 0 radical (unpaired) electrons. The highest BCUT2D eigenvalue weighted by molar-refractivity contribution is 5.84. The topological polar surface area (TPSA) is 74.6 Å². The van der Waals surface area contributed by atoms with E-state index in [1.54, 1.807) is 0 Å². The number of Topliss-reactive ketones (excluding diaryl/α,β-unsaturated/α-hetero) is 1. The largest absolute Gasteiger partial charge is 0.481 e. The van der Waals surface area contributed by atoms with Gasteiger partial charge in [0.2, 0.25) is 0 Å². The molecule has 158 valence electrons. The van der Waals surface area contributed by atoms with Crippen molar-refractivity contribution in [3.63, 3.8) is 0 Å². The predicted octanol–water partition coefficient (Wildman–Crippen LogP) is 5.31. The average Bonchev–Trinajstić information content (AvgIpc) is 2.87. The van der Waals surface area contributed by atoms with Crippen LogP contribution in [0.25, 0.3) is 0 Å². The maximum Gasteiger partial charge on any atom is 0.303 e. The van der Waals surface area contributed by atoms with Crippen LogP contribution in [0.15, 0.2) is 24.3 Å². The van der Waals surface area contributed by atoms with Crippen LogP contribution in [0, 0.1) is 23.2 Å². The number of rotatable bonds is 12. The van der Waals surface area contributed by atoms with Gasteiger partial charge in [-0.3, -0.25) is 9.59 Å². The first-order valence-electron chi connectivity index (χ1n) is 11.1. The molecule has 0 spiro atoms. The van der Waals surface area contributed by atoms with Gasteiger partial charge >= 0.3 is 5.97 Å². The van der Waals surface area contributed by atoms with Crippen LogP contribution < -0.4 is 0 Å². The van der Waals surface area contributed by atoms with Gasteiger partial charge in [-0.1, -0.05) is 51.0 Å². The summed E-state index contributed by atoms with van der Waals surface area (Å²) >= 11 is 0. The number of carboxylic acid groups (broad SMARTS) is 1. The minimum Gasteiger partial charge on any atom is -0.481 e. The van der Waals surface area contributed by atoms with Gasteiger partial charge in [-0.15, -0.1) is 0 Å². The summed E-state index contributed by atoms with van der Waals surface area (Å²) in [7, 11) is 0. The number of carbonyl (C=O) groups excluding carboxylic acids is 1. The fourth-order valence-electron chi connectivity index (χ4n) is 5.05. The predicted molar refractivity (Wildman–Crippen MR) is 112 cm³/mol. The summed E-state index contributed by atoms with van der Waals surface area (Å²) in [5, 5.41) is 19.4. The molecule has 2 aliphatic carbocycles. The van der Waals surface area contributed by atoms with Crippen molar-refractivity contribution in [1.29, 1.82) is 0 Å². The number of carbonyl (C=O) groups is 2. The molecule has 0 saturated heterocycles. The molecule has 4 nitrogen and oxygen atoms in total. The van der Waals surface area contributed by atoms with Crippen molar-refractivity contribution in [1.82, 2.24) is 0 Å². The molecule has 0 aromatic heterocycles. The molecule has 2 rings (SSSR count). The van der Waals surface area contributed by atoms with Gasteiger partial charge in [0, 0.05) is 18.8 Å². The van der Waals surface area contributed by atoms with Crippen LogP contribution in [0.1, 0.15) is 84.5 Å². The Morgan fingerprint density at radius 1 is 1.29 bits per heavy atom. The molecule has 0 aromatic rings. The Hall–Kier alpha value is -1.42. The van der Waals surface area contributed by atoms with E-state index in [4.69, 9.17) is 5.11 Å². The van der Waals surface area contributed by atoms with Crippen molar-refractivity contribution in [2.45, 2.75) is 90.6 Å². The molecule has 2 N–H and O–H groups in total. The molecular weight excluding hydrogens is 352 g/mol. The van der Waals surface area contributed by atoms with Gasteiger partial charge in [-0.05, 0) is 62.2 Å². The first-order valence-corrected chi connectivity index (χ1v) is 11.1. The minimum atomic E-state index is -0.761. The number of hydrogen-bond donors (Lipinski definition) is 2. The lowest BCUT2D eigenvalue weighted by Gasteiger charge is -2.45. The molecule has 2 fully saturated rings. The molecule has 0 heterocycles. The third-order valence-corrected chi connectivity index (χ3v) is 6.90. The Morgan fingerprint density at radius 2 is 2.04 bits per heavy atom. The van der Waals surface area contributed by atoms with Crippen molar-refractivity contribution >= 4 is 11.8 Å². The van der Waals surface area contributed by atoms with Crippen molar-refractivity contribution in [2.75, 3.05) is 0 Å². The molecular formula is C24H38O4. The van der Waals surface area contributed by atoms with Crippen molar-refractivity contribution in [3.8, 4) is 0 Å². The maximum atomic E-state index is 12.4. The number of allylic oxidation sites excluding steroid dienone is 3. The molecule has 28 heavy (non-hydrogen) atoms. The van der Waals surface area contributed by atoms with Crippen LogP contribution in [-0.2, 0) is 9.59 Å². The highest BCUT2D eigenvalue weighted by Crippen LogP contribution is 2.48. The first kappa shape index (κ1) is 22.9. The fraction of sp³-hybridized carbons (Fsp3) is 0.750. The van der Waals surface area contributed by atoms with Crippen LogP contribution in [-0.4, -0.2) is 28.1 Å². The van der Waals surface area contributed by atoms with Crippen LogP contribution in [0.5, 0.6) is 0 Å². The van der Waals surface area contributed by atoms with Crippen molar-refractivity contribution in [3.05, 3.63) is 24.3 Å². The summed E-state index contributed by atoms with van der Waals surface area (Å²) in [6.45, 7) is 4.33. The summed E-state index contributed by atoms with van der Waals surface area (Å²) in [4.78, 5) is 22.9. The highest BCUT2D eigenvalue weighted by Gasteiger charge is 2.42. The normalized spacial score (nSPS) is 28.1. The smallest absolute Gasteiger partial charge is 0.303 e. The van der Waals surface area contributed by atoms with E-state index in [0.717, 1.165) is 38.5 Å². The monoisotopic (exact) mass is 390 g/mol. The van der Waals surface area contributed by atoms with E-state index in [-0.39, 0.29) is 29.8 Å². The number of aliphatic carboxylic acids is 1. The van der Waals surface area contributed by atoms with Crippen LogP contribution in [0.4, 0.5) is 0 Å². The summed E-state index contributed by atoms with van der Waals surface area (Å²) in [5.41, 5.74) is 0.133. The van der Waals surface area contributed by atoms with E-state index in [1.165, 1.54) is 6.42 Å². The SMILES string of the molecule is CCCC1(C(O)C/C=C/[C@H]2[C@H](C)CC(=O)[C@@H]2C/C=C\CCCC(=O)O)CCC1. The second kappa shape index (κ2) is 10.9. The van der Waals surface area contributed by atoms with Crippen molar-refractivity contribution in [2.24, 2.45) is 23.2 Å². The second-order valence-corrected chi connectivity index (χ2v) is 8.97. The van der Waals surface area contributed by atoms with Gasteiger partial charge in [0.05, 0.1) is 6.10 Å². The Labute approximate surface area is 170 Å². The molecule has 0 amide bonds. The molecule has 2 aliphatic rings. The molecule has 0 bridgehead atoms. The van der Waals surface area contributed by atoms with Gasteiger partial charge < -0.3 is 10.2 Å². The Kier molecular flexibility index (Phi) is 8.94. The van der Waals surface area contributed by atoms with Crippen LogP contribution in [0.3, 0.4) is 0 Å². The number of aliphatic hydroxyl groups excluding tert-OH is 1. The highest BCUT2D eigenvalue weighted by atomic mass is 16.4. The zero-order chi connectivity index (χ0) is 20.6. The number of unbranched alkanes of at least 4 members (excludes halogenated alkanes) is 1. The first-order chi connectivity index (χ1) is 13.4. The molecule has 4 heteroatoms. The van der Waals surface area contributed by atoms with Crippen LogP contribution >= 0.6 is 0 Å². The fourth-order valence-corrected chi connectivity index (χ4v) is 5.05. The zero-order valence-corrected chi connectivity index (χ0v) is 17.6. The lowest BCUT2D eigenvalue weighted by Crippen LogP contribution is -2.41. The van der Waals surface area contributed by atoms with Crippen LogP contribution in [0.2, 0.25) is 0 Å². The quantitative estimate of drug-likeness (QED) is 0.350.